The van der Waals surface area contributed by atoms with Crippen LogP contribution in [0.25, 0.3) is 11.2 Å². The fourth-order valence-electron chi connectivity index (χ4n) is 4.93. The Hall–Kier alpha value is -2.01. The topological polar surface area (TPSA) is 155 Å². The van der Waals surface area contributed by atoms with E-state index in [0.29, 0.717) is 17.8 Å². The third-order valence-electron chi connectivity index (χ3n) is 7.04. The van der Waals surface area contributed by atoms with Crippen molar-refractivity contribution in [3.63, 3.8) is 0 Å². The van der Waals surface area contributed by atoms with E-state index >= 15 is 0 Å². The molecule has 4 atom stereocenters. The van der Waals surface area contributed by atoms with Crippen LogP contribution in [0.3, 0.4) is 0 Å². The Balaban J connectivity index is 1.35. The Morgan fingerprint density at radius 3 is 2.08 bits per heavy atom. The van der Waals surface area contributed by atoms with Crippen molar-refractivity contribution < 1.29 is 19.7 Å². The van der Waals surface area contributed by atoms with Crippen LogP contribution in [0, 0.1) is 0 Å². The molecule has 0 spiro atoms. The highest BCUT2D eigenvalue weighted by molar-refractivity contribution is 5.82. The van der Waals surface area contributed by atoms with E-state index in [1.54, 1.807) is 4.57 Å². The van der Waals surface area contributed by atoms with E-state index in [0.717, 1.165) is 12.8 Å². The van der Waals surface area contributed by atoms with Crippen LogP contribution >= 0.6 is 0 Å². The van der Waals surface area contributed by atoms with Crippen LogP contribution < -0.4 is 11.5 Å². The first-order valence-corrected chi connectivity index (χ1v) is 13.9. The number of ether oxygens (including phenoxy) is 2. The van der Waals surface area contributed by atoms with Crippen molar-refractivity contribution in [2.75, 3.05) is 24.7 Å². The minimum Gasteiger partial charge on any atom is -0.394 e. The Bertz CT molecular complexity index is 895. The Kier molecular flexibility index (Phi) is 12.1. The van der Waals surface area contributed by atoms with Crippen molar-refractivity contribution in [1.29, 1.82) is 0 Å². The van der Waals surface area contributed by atoms with Gasteiger partial charge in [0.05, 0.1) is 12.9 Å². The summed E-state index contributed by atoms with van der Waals surface area (Å²) in [6, 6.07) is 0. The summed E-state index contributed by atoms with van der Waals surface area (Å²) in [7, 11) is 0. The maximum absolute atomic E-state index is 10.7. The van der Waals surface area contributed by atoms with Gasteiger partial charge in [0.25, 0.3) is 0 Å². The number of hydrogen-bond donors (Lipinski definition) is 4. The Labute approximate surface area is 214 Å². The van der Waals surface area contributed by atoms with Crippen LogP contribution in [0.15, 0.2) is 6.33 Å². The van der Waals surface area contributed by atoms with E-state index in [1.807, 2.05) is 0 Å². The summed E-state index contributed by atoms with van der Waals surface area (Å²) in [5.41, 5.74) is 12.5. The molecular formula is C26H46N6O4. The number of nitrogen functional groups attached to an aromatic ring is 2. The molecule has 2 aromatic heterocycles. The minimum atomic E-state index is -0.972. The third kappa shape index (κ3) is 7.99. The standard InChI is InChI=1S/C26H46N6O4/c1-2-3-4-5-6-7-8-9-10-11-12-13-14-15-16-35-22-21(34)19(17-33)36-25(22)32-18-29-20-23(27)30-26(28)31-24(20)32/h18-19,21-22,25,33-34H,2-17H2,1H3,(H4,27,28,30,31)/t19-,21-,22-,25-/m1/s1. The van der Waals surface area contributed by atoms with E-state index in [1.165, 1.54) is 83.4 Å². The molecule has 0 bridgehead atoms. The second kappa shape index (κ2) is 15.3. The van der Waals surface area contributed by atoms with Gasteiger partial charge in [-0.15, -0.1) is 0 Å². The van der Waals surface area contributed by atoms with Crippen molar-refractivity contribution in [3.05, 3.63) is 6.33 Å². The maximum atomic E-state index is 10.7. The van der Waals surface area contributed by atoms with Gasteiger partial charge in [-0.3, -0.25) is 4.57 Å². The molecule has 3 rings (SSSR count). The number of nitrogens with zero attached hydrogens (tertiary/aromatic N) is 4. The number of aliphatic hydroxyl groups excluding tert-OH is 2. The fourth-order valence-corrected chi connectivity index (χ4v) is 4.93. The van der Waals surface area contributed by atoms with E-state index in [-0.39, 0.29) is 18.4 Å². The van der Waals surface area contributed by atoms with Crippen LogP contribution in [0.1, 0.15) is 103 Å². The second-order valence-corrected chi connectivity index (χ2v) is 9.96. The van der Waals surface area contributed by atoms with Crippen molar-refractivity contribution in [1.82, 2.24) is 19.5 Å². The fraction of sp³-hybridized carbons (Fsp3) is 0.808. The van der Waals surface area contributed by atoms with Crippen molar-refractivity contribution >= 4 is 22.9 Å². The van der Waals surface area contributed by atoms with Gasteiger partial charge in [0.2, 0.25) is 5.95 Å². The highest BCUT2D eigenvalue weighted by Gasteiger charge is 2.45. The zero-order chi connectivity index (χ0) is 25.8. The van der Waals surface area contributed by atoms with E-state index in [4.69, 9.17) is 20.9 Å². The quantitative estimate of drug-likeness (QED) is 0.219. The van der Waals surface area contributed by atoms with Crippen molar-refractivity contribution in [2.24, 2.45) is 0 Å². The van der Waals surface area contributed by atoms with Crippen LogP contribution in [-0.2, 0) is 9.47 Å². The molecule has 3 heterocycles. The number of anilines is 2. The first-order valence-electron chi connectivity index (χ1n) is 13.9. The summed E-state index contributed by atoms with van der Waals surface area (Å²) in [6.45, 7) is 2.45. The summed E-state index contributed by atoms with van der Waals surface area (Å²) >= 11 is 0. The van der Waals surface area contributed by atoms with Gasteiger partial charge in [-0.25, -0.2) is 4.98 Å². The molecule has 1 fully saturated rings. The van der Waals surface area contributed by atoms with Gasteiger partial charge in [0.15, 0.2) is 17.7 Å². The number of aliphatic hydroxyl groups is 2. The molecule has 0 radical (unpaired) electrons. The predicted octanol–water partition coefficient (Wildman–Crippen LogP) is 4.11. The molecule has 1 saturated heterocycles. The lowest BCUT2D eigenvalue weighted by Crippen LogP contribution is -2.35. The van der Waals surface area contributed by atoms with Crippen molar-refractivity contribution in [3.8, 4) is 0 Å². The number of fused-ring (bicyclic) bond motifs is 1. The smallest absolute Gasteiger partial charge is 0.224 e. The average molecular weight is 507 g/mol. The largest absolute Gasteiger partial charge is 0.394 e. The summed E-state index contributed by atoms with van der Waals surface area (Å²) in [6.07, 6.45) is 16.5. The van der Waals surface area contributed by atoms with Gasteiger partial charge in [-0.1, -0.05) is 90.4 Å². The molecule has 2 aromatic rings. The zero-order valence-corrected chi connectivity index (χ0v) is 21.9. The first-order chi connectivity index (χ1) is 17.6. The number of aromatic nitrogens is 4. The zero-order valence-electron chi connectivity index (χ0n) is 21.9. The van der Waals surface area contributed by atoms with Crippen LogP contribution in [0.4, 0.5) is 11.8 Å². The number of hydrogen-bond acceptors (Lipinski definition) is 9. The molecule has 0 unspecified atom stereocenters. The molecule has 0 saturated carbocycles. The molecule has 10 nitrogen and oxygen atoms in total. The van der Waals surface area contributed by atoms with Gasteiger partial charge < -0.3 is 31.2 Å². The van der Waals surface area contributed by atoms with Crippen LogP contribution in [0.5, 0.6) is 0 Å². The van der Waals surface area contributed by atoms with Gasteiger partial charge in [0, 0.05) is 6.61 Å². The predicted molar refractivity (Wildman–Crippen MR) is 141 cm³/mol. The van der Waals surface area contributed by atoms with Gasteiger partial charge in [-0.2, -0.15) is 9.97 Å². The highest BCUT2D eigenvalue weighted by Crippen LogP contribution is 2.34. The van der Waals surface area contributed by atoms with E-state index in [2.05, 4.69) is 21.9 Å². The number of unbranched alkanes of at least 4 members (excludes halogenated alkanes) is 13. The molecular weight excluding hydrogens is 460 g/mol. The van der Waals surface area contributed by atoms with Gasteiger partial charge in [-0.05, 0) is 6.42 Å². The molecule has 1 aliphatic heterocycles. The van der Waals surface area contributed by atoms with Gasteiger partial charge in [0.1, 0.15) is 23.8 Å². The summed E-state index contributed by atoms with van der Waals surface area (Å²) in [5, 5.41) is 20.3. The normalized spacial score (nSPS) is 22.1. The maximum Gasteiger partial charge on any atom is 0.224 e. The Morgan fingerprint density at radius 2 is 1.50 bits per heavy atom. The highest BCUT2D eigenvalue weighted by atomic mass is 16.6. The SMILES string of the molecule is CCCCCCCCCCCCCCCCO[C@@H]1[C@H](O)[C@@H](CO)O[C@H]1n1cnc2c(N)nc(N)nc21. The number of rotatable bonds is 18. The number of nitrogens with two attached hydrogens (primary N) is 2. The average Bonchev–Trinajstić information content (AvgIpc) is 3.42. The van der Waals surface area contributed by atoms with Crippen LogP contribution in [0.2, 0.25) is 0 Å². The van der Waals surface area contributed by atoms with Gasteiger partial charge >= 0.3 is 0 Å². The first kappa shape index (κ1) is 28.6. The second-order valence-electron chi connectivity index (χ2n) is 9.96. The summed E-state index contributed by atoms with van der Waals surface area (Å²) in [4.78, 5) is 12.4. The van der Waals surface area contributed by atoms with E-state index in [9.17, 15) is 10.2 Å². The lowest BCUT2D eigenvalue weighted by Gasteiger charge is -2.22. The van der Waals surface area contributed by atoms with Crippen molar-refractivity contribution in [2.45, 2.75) is 121 Å². The summed E-state index contributed by atoms with van der Waals surface area (Å²) in [5.74, 6) is 0.201. The molecule has 10 heteroatoms. The molecule has 0 aliphatic carbocycles. The monoisotopic (exact) mass is 506 g/mol. The minimum absolute atomic E-state index is 0.0267. The lowest BCUT2D eigenvalue weighted by atomic mass is 10.0. The number of imidazole rings is 1. The lowest BCUT2D eigenvalue weighted by molar-refractivity contribution is -0.0711. The molecule has 0 amide bonds. The molecule has 6 N–H and O–H groups in total. The molecule has 0 aromatic carbocycles. The third-order valence-corrected chi connectivity index (χ3v) is 7.04. The van der Waals surface area contributed by atoms with E-state index < -0.39 is 24.5 Å². The van der Waals surface area contributed by atoms with Crippen LogP contribution in [-0.4, -0.2) is 61.3 Å². The molecule has 36 heavy (non-hydrogen) atoms. The Morgan fingerprint density at radius 1 is 0.917 bits per heavy atom. The molecule has 1 aliphatic rings. The molecule has 204 valence electrons. The summed E-state index contributed by atoms with van der Waals surface area (Å²) < 4.78 is 13.6.